The van der Waals surface area contributed by atoms with Crippen molar-refractivity contribution in [3.05, 3.63) is 0 Å². The summed E-state index contributed by atoms with van der Waals surface area (Å²) >= 11 is 0. The normalized spacial score (nSPS) is 27.0. The van der Waals surface area contributed by atoms with Gasteiger partial charge in [0, 0.05) is 18.5 Å². The average Bonchev–Trinajstić information content (AvgIpc) is 3.23. The van der Waals surface area contributed by atoms with E-state index in [9.17, 15) is 9.59 Å². The SMILES string of the molecule is NCC1CCC(C(=O)N(CCC(=O)O)C2CC2)CC1. The first-order chi connectivity index (χ1) is 9.11. The predicted octanol–water partition coefficient (Wildman–Crippen LogP) is 1.22. The first kappa shape index (κ1) is 14.3. The highest BCUT2D eigenvalue weighted by atomic mass is 16.4. The van der Waals surface area contributed by atoms with Gasteiger partial charge in [0.05, 0.1) is 6.42 Å². The summed E-state index contributed by atoms with van der Waals surface area (Å²) in [7, 11) is 0. The van der Waals surface area contributed by atoms with Gasteiger partial charge in [-0.05, 0) is 51.0 Å². The number of carbonyl (C=O) groups is 2. The Morgan fingerprint density at radius 1 is 1.11 bits per heavy atom. The molecule has 3 N–H and O–H groups in total. The molecule has 0 atom stereocenters. The molecule has 0 bridgehead atoms. The summed E-state index contributed by atoms with van der Waals surface area (Å²) in [4.78, 5) is 25.0. The molecule has 2 saturated carbocycles. The van der Waals surface area contributed by atoms with E-state index in [1.165, 1.54) is 0 Å². The van der Waals surface area contributed by atoms with Gasteiger partial charge in [0.1, 0.15) is 0 Å². The lowest BCUT2D eigenvalue weighted by atomic mass is 9.81. The summed E-state index contributed by atoms with van der Waals surface area (Å²) in [5, 5.41) is 8.77. The van der Waals surface area contributed by atoms with Crippen LogP contribution in [0.25, 0.3) is 0 Å². The lowest BCUT2D eigenvalue weighted by molar-refractivity contribution is -0.140. The minimum absolute atomic E-state index is 0.0559. The van der Waals surface area contributed by atoms with E-state index in [0.29, 0.717) is 25.0 Å². The van der Waals surface area contributed by atoms with Crippen molar-refractivity contribution in [3.63, 3.8) is 0 Å². The molecule has 0 heterocycles. The number of hydrogen-bond acceptors (Lipinski definition) is 3. The van der Waals surface area contributed by atoms with Gasteiger partial charge in [-0.15, -0.1) is 0 Å². The number of rotatable bonds is 6. The van der Waals surface area contributed by atoms with E-state index in [2.05, 4.69) is 0 Å². The van der Waals surface area contributed by atoms with Crippen LogP contribution in [0, 0.1) is 11.8 Å². The zero-order chi connectivity index (χ0) is 13.8. The van der Waals surface area contributed by atoms with Gasteiger partial charge in [0.15, 0.2) is 0 Å². The van der Waals surface area contributed by atoms with Gasteiger partial charge in [0.2, 0.25) is 5.91 Å². The van der Waals surface area contributed by atoms with E-state index in [4.69, 9.17) is 10.8 Å². The van der Waals surface area contributed by atoms with Crippen molar-refractivity contribution in [3.8, 4) is 0 Å². The molecule has 5 nitrogen and oxygen atoms in total. The summed E-state index contributed by atoms with van der Waals surface area (Å²) in [5.74, 6) is 0.0131. The standard InChI is InChI=1S/C14H24N2O3/c15-9-10-1-3-11(4-2-10)14(19)16(12-5-6-12)8-7-13(17)18/h10-12H,1-9,15H2,(H,17,18). The molecule has 0 spiro atoms. The maximum atomic E-state index is 12.5. The smallest absolute Gasteiger partial charge is 0.305 e. The lowest BCUT2D eigenvalue weighted by Gasteiger charge is -2.31. The maximum absolute atomic E-state index is 12.5. The zero-order valence-corrected chi connectivity index (χ0v) is 11.4. The van der Waals surface area contributed by atoms with Gasteiger partial charge in [-0.25, -0.2) is 0 Å². The van der Waals surface area contributed by atoms with Crippen molar-refractivity contribution < 1.29 is 14.7 Å². The molecule has 2 aliphatic carbocycles. The van der Waals surface area contributed by atoms with Crippen molar-refractivity contribution in [2.24, 2.45) is 17.6 Å². The number of nitrogens with two attached hydrogens (primary N) is 1. The van der Waals surface area contributed by atoms with Crippen LogP contribution in [-0.2, 0) is 9.59 Å². The zero-order valence-electron chi connectivity index (χ0n) is 11.4. The maximum Gasteiger partial charge on any atom is 0.305 e. The molecule has 0 aromatic carbocycles. The van der Waals surface area contributed by atoms with E-state index in [-0.39, 0.29) is 18.2 Å². The molecule has 0 unspecified atom stereocenters. The Morgan fingerprint density at radius 3 is 2.21 bits per heavy atom. The van der Waals surface area contributed by atoms with Crippen LogP contribution in [0.5, 0.6) is 0 Å². The Hall–Kier alpha value is -1.10. The van der Waals surface area contributed by atoms with Crippen LogP contribution in [-0.4, -0.2) is 41.0 Å². The molecule has 0 radical (unpaired) electrons. The molecule has 0 aliphatic heterocycles. The number of aliphatic carboxylic acids is 1. The number of carbonyl (C=O) groups excluding carboxylic acids is 1. The molecule has 108 valence electrons. The second-order valence-corrected chi connectivity index (χ2v) is 5.86. The van der Waals surface area contributed by atoms with Crippen molar-refractivity contribution in [1.82, 2.24) is 4.90 Å². The predicted molar refractivity (Wildman–Crippen MR) is 71.5 cm³/mol. The van der Waals surface area contributed by atoms with Crippen LogP contribution < -0.4 is 5.73 Å². The highest BCUT2D eigenvalue weighted by molar-refractivity contribution is 5.80. The van der Waals surface area contributed by atoms with E-state index in [1.807, 2.05) is 4.90 Å². The molecule has 19 heavy (non-hydrogen) atoms. The third-order valence-electron chi connectivity index (χ3n) is 4.37. The highest BCUT2D eigenvalue weighted by Crippen LogP contribution is 2.33. The molecule has 5 heteroatoms. The second-order valence-electron chi connectivity index (χ2n) is 5.86. The molecular weight excluding hydrogens is 244 g/mol. The Kier molecular flexibility index (Phi) is 4.80. The Morgan fingerprint density at radius 2 is 1.74 bits per heavy atom. The summed E-state index contributed by atoms with van der Waals surface area (Å²) in [6.45, 7) is 1.09. The number of carboxylic acids is 1. The Bertz CT molecular complexity index is 334. The third-order valence-corrected chi connectivity index (χ3v) is 4.37. The molecule has 2 aliphatic rings. The minimum atomic E-state index is -0.828. The first-order valence-corrected chi connectivity index (χ1v) is 7.34. The van der Waals surface area contributed by atoms with Gasteiger partial charge in [-0.3, -0.25) is 9.59 Å². The Labute approximate surface area is 114 Å². The summed E-state index contributed by atoms with van der Waals surface area (Å²) in [6.07, 6.45) is 6.01. The topological polar surface area (TPSA) is 83.6 Å². The molecule has 0 aromatic heterocycles. The fourth-order valence-corrected chi connectivity index (χ4v) is 2.95. The van der Waals surface area contributed by atoms with Gasteiger partial charge in [0.25, 0.3) is 0 Å². The largest absolute Gasteiger partial charge is 0.481 e. The van der Waals surface area contributed by atoms with E-state index < -0.39 is 5.97 Å². The van der Waals surface area contributed by atoms with E-state index in [1.54, 1.807) is 0 Å². The molecule has 0 aromatic rings. The number of hydrogen-bond donors (Lipinski definition) is 2. The van der Waals surface area contributed by atoms with Crippen LogP contribution in [0.2, 0.25) is 0 Å². The minimum Gasteiger partial charge on any atom is -0.481 e. The Balaban J connectivity index is 1.86. The molecule has 0 saturated heterocycles. The van der Waals surface area contributed by atoms with E-state index in [0.717, 1.165) is 38.5 Å². The first-order valence-electron chi connectivity index (χ1n) is 7.34. The lowest BCUT2D eigenvalue weighted by Crippen LogP contribution is -2.40. The van der Waals surface area contributed by atoms with Crippen molar-refractivity contribution >= 4 is 11.9 Å². The monoisotopic (exact) mass is 268 g/mol. The van der Waals surface area contributed by atoms with Gasteiger partial charge in [-0.1, -0.05) is 0 Å². The summed E-state index contributed by atoms with van der Waals surface area (Å²) in [5.41, 5.74) is 5.66. The number of amides is 1. The average molecular weight is 268 g/mol. The van der Waals surface area contributed by atoms with Gasteiger partial charge >= 0.3 is 5.97 Å². The summed E-state index contributed by atoms with van der Waals surface area (Å²) < 4.78 is 0. The molecule has 2 fully saturated rings. The van der Waals surface area contributed by atoms with Crippen LogP contribution in [0.15, 0.2) is 0 Å². The van der Waals surface area contributed by atoms with Crippen molar-refractivity contribution in [2.75, 3.05) is 13.1 Å². The van der Waals surface area contributed by atoms with Crippen LogP contribution in [0.3, 0.4) is 0 Å². The molecular formula is C14H24N2O3. The highest BCUT2D eigenvalue weighted by Gasteiger charge is 2.36. The number of nitrogens with zero attached hydrogens (tertiary/aromatic N) is 1. The molecule has 1 amide bonds. The van der Waals surface area contributed by atoms with Crippen molar-refractivity contribution in [1.29, 1.82) is 0 Å². The van der Waals surface area contributed by atoms with Crippen LogP contribution >= 0.6 is 0 Å². The third kappa shape index (κ3) is 3.93. The van der Waals surface area contributed by atoms with Gasteiger partial charge < -0.3 is 15.7 Å². The fraction of sp³-hybridized carbons (Fsp3) is 0.857. The molecule has 2 rings (SSSR count). The van der Waals surface area contributed by atoms with E-state index >= 15 is 0 Å². The van der Waals surface area contributed by atoms with Crippen LogP contribution in [0.4, 0.5) is 0 Å². The quantitative estimate of drug-likeness (QED) is 0.758. The van der Waals surface area contributed by atoms with Crippen molar-refractivity contribution in [2.45, 2.75) is 51.0 Å². The summed E-state index contributed by atoms with van der Waals surface area (Å²) in [6, 6.07) is 0.305. The number of carboxylic acid groups (broad SMARTS) is 1. The van der Waals surface area contributed by atoms with Gasteiger partial charge in [-0.2, -0.15) is 0 Å². The second kappa shape index (κ2) is 6.37. The van der Waals surface area contributed by atoms with Crippen LogP contribution in [0.1, 0.15) is 44.9 Å². The fourth-order valence-electron chi connectivity index (χ4n) is 2.95.